The predicted molar refractivity (Wildman–Crippen MR) is 147 cm³/mol. The van der Waals surface area contributed by atoms with Crippen LogP contribution in [0.5, 0.6) is 0 Å². The number of aromatic carboxylic acids is 1. The molecule has 10 heteroatoms. The number of carbonyl (C=O) groups excluding carboxylic acids is 2. The SMILES string of the molecule is CCc1oc([C@@H](Cc2c[nH]c3ccccc23)N(C(=O)[C@@H](N)CC(C)C)C(=O)N2CCCCCC2)nc1C(=O)O. The van der Waals surface area contributed by atoms with Crippen molar-refractivity contribution in [2.45, 2.75) is 77.8 Å². The maximum absolute atomic E-state index is 14.2. The monoisotopic (exact) mass is 537 g/mol. The minimum atomic E-state index is -1.22. The van der Waals surface area contributed by atoms with Crippen LogP contribution in [-0.4, -0.2) is 61.9 Å². The number of aryl methyl sites for hydroxylation is 1. The second-order valence-corrected chi connectivity index (χ2v) is 10.7. The third kappa shape index (κ3) is 6.33. The van der Waals surface area contributed by atoms with Crippen molar-refractivity contribution in [2.75, 3.05) is 13.1 Å². The van der Waals surface area contributed by atoms with E-state index in [1.54, 1.807) is 11.8 Å². The average Bonchev–Trinajstić information content (AvgIpc) is 3.42. The maximum atomic E-state index is 14.2. The van der Waals surface area contributed by atoms with Gasteiger partial charge in [0.2, 0.25) is 11.8 Å². The number of fused-ring (bicyclic) bond motifs is 1. The molecule has 2 atom stereocenters. The number of nitrogens with two attached hydrogens (primary N) is 1. The summed E-state index contributed by atoms with van der Waals surface area (Å²) in [4.78, 5) is 50.6. The second kappa shape index (κ2) is 12.5. The first kappa shape index (κ1) is 28.4. The van der Waals surface area contributed by atoms with E-state index >= 15 is 0 Å². The molecule has 0 saturated carbocycles. The van der Waals surface area contributed by atoms with Crippen LogP contribution in [0, 0.1) is 5.92 Å². The van der Waals surface area contributed by atoms with Crippen LogP contribution in [0.4, 0.5) is 4.79 Å². The number of hydrogen-bond acceptors (Lipinski definition) is 6. The molecule has 4 N–H and O–H groups in total. The molecule has 1 aromatic carbocycles. The summed E-state index contributed by atoms with van der Waals surface area (Å²) < 4.78 is 5.99. The molecular weight excluding hydrogens is 498 g/mol. The molecule has 4 rings (SSSR count). The summed E-state index contributed by atoms with van der Waals surface area (Å²) in [6, 6.07) is 5.40. The first-order valence-electron chi connectivity index (χ1n) is 13.9. The van der Waals surface area contributed by atoms with Gasteiger partial charge in [0.25, 0.3) is 0 Å². The summed E-state index contributed by atoms with van der Waals surface area (Å²) in [5.74, 6) is -1.39. The molecule has 2 aromatic heterocycles. The highest BCUT2D eigenvalue weighted by molar-refractivity contribution is 5.97. The number of likely N-dealkylation sites (tertiary alicyclic amines) is 1. The van der Waals surface area contributed by atoms with E-state index in [4.69, 9.17) is 10.2 Å². The topological polar surface area (TPSA) is 146 Å². The standard InChI is InChI=1S/C29H39N5O5/c1-4-24-25(28(36)37)32-26(39-24)23(16-19-17-31-22-12-8-7-11-20(19)22)34(27(35)21(30)15-18(2)3)29(38)33-13-9-5-6-10-14-33/h7-8,11-12,17-18,21,23,31H,4-6,9-10,13-16,30H2,1-3H3,(H,36,37)/t21-,23+/m0/s1. The maximum Gasteiger partial charge on any atom is 0.358 e. The Morgan fingerprint density at radius 3 is 2.46 bits per heavy atom. The lowest BCUT2D eigenvalue weighted by atomic mass is 10.00. The van der Waals surface area contributed by atoms with Gasteiger partial charge in [0.15, 0.2) is 5.69 Å². The number of imide groups is 1. The molecule has 1 fully saturated rings. The van der Waals surface area contributed by atoms with Crippen LogP contribution in [0.1, 0.15) is 86.6 Å². The molecule has 0 aliphatic carbocycles. The van der Waals surface area contributed by atoms with Gasteiger partial charge in [-0.15, -0.1) is 0 Å². The Hall–Kier alpha value is -3.66. The van der Waals surface area contributed by atoms with Crippen molar-refractivity contribution in [1.29, 1.82) is 0 Å². The molecule has 1 aliphatic rings. The third-order valence-corrected chi connectivity index (χ3v) is 7.29. The molecular formula is C29H39N5O5. The van der Waals surface area contributed by atoms with Crippen molar-refractivity contribution in [1.82, 2.24) is 19.8 Å². The van der Waals surface area contributed by atoms with E-state index in [9.17, 15) is 19.5 Å². The number of aromatic nitrogens is 2. The molecule has 3 heterocycles. The van der Waals surface area contributed by atoms with Crippen molar-refractivity contribution in [3.63, 3.8) is 0 Å². The van der Waals surface area contributed by atoms with Gasteiger partial charge in [-0.25, -0.2) is 19.5 Å². The van der Waals surface area contributed by atoms with Crippen LogP contribution in [-0.2, 0) is 17.6 Å². The van der Waals surface area contributed by atoms with Gasteiger partial charge in [0, 0.05) is 43.0 Å². The highest BCUT2D eigenvalue weighted by atomic mass is 16.4. The molecule has 0 bridgehead atoms. The Morgan fingerprint density at radius 2 is 1.85 bits per heavy atom. The van der Waals surface area contributed by atoms with Gasteiger partial charge in [-0.1, -0.05) is 51.8 Å². The van der Waals surface area contributed by atoms with E-state index in [0.29, 0.717) is 25.9 Å². The molecule has 0 unspecified atom stereocenters. The van der Waals surface area contributed by atoms with Gasteiger partial charge in [-0.2, -0.15) is 0 Å². The number of carbonyl (C=O) groups is 3. The molecule has 10 nitrogen and oxygen atoms in total. The number of H-pyrrole nitrogens is 1. The van der Waals surface area contributed by atoms with Crippen molar-refractivity contribution < 1.29 is 23.9 Å². The Kier molecular flexibility index (Phi) is 9.06. The van der Waals surface area contributed by atoms with E-state index in [0.717, 1.165) is 42.1 Å². The zero-order valence-electron chi connectivity index (χ0n) is 23.0. The van der Waals surface area contributed by atoms with Crippen molar-refractivity contribution >= 4 is 28.8 Å². The normalized spacial score (nSPS) is 15.8. The zero-order chi connectivity index (χ0) is 28.1. The average molecular weight is 538 g/mol. The number of amides is 3. The van der Waals surface area contributed by atoms with Gasteiger partial charge in [0.05, 0.1) is 6.04 Å². The number of benzene rings is 1. The fraction of sp³-hybridized carbons (Fsp3) is 0.517. The molecule has 0 radical (unpaired) electrons. The van der Waals surface area contributed by atoms with E-state index in [-0.39, 0.29) is 29.7 Å². The number of aromatic amines is 1. The smallest absolute Gasteiger partial charge is 0.358 e. The summed E-state index contributed by atoms with van der Waals surface area (Å²) in [6.45, 7) is 6.79. The fourth-order valence-corrected chi connectivity index (χ4v) is 5.30. The summed E-state index contributed by atoms with van der Waals surface area (Å²) in [7, 11) is 0. The van der Waals surface area contributed by atoms with Gasteiger partial charge in [-0.3, -0.25) is 4.79 Å². The number of oxazole rings is 1. The number of nitrogens with zero attached hydrogens (tertiary/aromatic N) is 3. The Bertz CT molecular complexity index is 1300. The van der Waals surface area contributed by atoms with Crippen molar-refractivity contribution in [3.05, 3.63) is 53.4 Å². The van der Waals surface area contributed by atoms with Crippen LogP contribution in [0.25, 0.3) is 10.9 Å². The van der Waals surface area contributed by atoms with E-state index < -0.39 is 30.0 Å². The lowest BCUT2D eigenvalue weighted by molar-refractivity contribution is -0.133. The van der Waals surface area contributed by atoms with E-state index in [2.05, 4.69) is 9.97 Å². The summed E-state index contributed by atoms with van der Waals surface area (Å²) >= 11 is 0. The second-order valence-electron chi connectivity index (χ2n) is 10.7. The fourth-order valence-electron chi connectivity index (χ4n) is 5.30. The van der Waals surface area contributed by atoms with Gasteiger partial charge in [-0.05, 0) is 36.8 Å². The highest BCUT2D eigenvalue weighted by Crippen LogP contribution is 2.32. The number of para-hydroxylation sites is 1. The lowest BCUT2D eigenvalue weighted by Gasteiger charge is -2.34. The first-order valence-corrected chi connectivity index (χ1v) is 13.9. The summed E-state index contributed by atoms with van der Waals surface area (Å²) in [6.07, 6.45) is 6.46. The van der Waals surface area contributed by atoms with E-state index in [1.807, 2.05) is 44.3 Å². The number of carboxylic acid groups (broad SMARTS) is 1. The lowest BCUT2D eigenvalue weighted by Crippen LogP contribution is -2.54. The van der Waals surface area contributed by atoms with Crippen molar-refractivity contribution in [3.8, 4) is 0 Å². The molecule has 1 aliphatic heterocycles. The van der Waals surface area contributed by atoms with Crippen LogP contribution in [0.15, 0.2) is 34.9 Å². The minimum Gasteiger partial charge on any atom is -0.476 e. The first-order chi connectivity index (χ1) is 18.7. The highest BCUT2D eigenvalue weighted by Gasteiger charge is 2.40. The molecule has 3 amide bonds. The molecule has 0 spiro atoms. The largest absolute Gasteiger partial charge is 0.476 e. The quantitative estimate of drug-likeness (QED) is 0.352. The molecule has 3 aromatic rings. The van der Waals surface area contributed by atoms with Crippen LogP contribution in [0.2, 0.25) is 0 Å². The number of hydrogen-bond donors (Lipinski definition) is 3. The summed E-state index contributed by atoms with van der Waals surface area (Å²) in [5, 5.41) is 10.7. The Balaban J connectivity index is 1.85. The van der Waals surface area contributed by atoms with Crippen LogP contribution in [0.3, 0.4) is 0 Å². The molecule has 210 valence electrons. The van der Waals surface area contributed by atoms with Crippen LogP contribution >= 0.6 is 0 Å². The number of carboxylic acids is 1. The Morgan fingerprint density at radius 1 is 1.15 bits per heavy atom. The number of nitrogens with one attached hydrogen (secondary N) is 1. The van der Waals surface area contributed by atoms with Crippen molar-refractivity contribution in [2.24, 2.45) is 11.7 Å². The van der Waals surface area contributed by atoms with Crippen LogP contribution < -0.4 is 5.73 Å². The van der Waals surface area contributed by atoms with Gasteiger partial charge >= 0.3 is 12.0 Å². The van der Waals surface area contributed by atoms with Gasteiger partial charge in [0.1, 0.15) is 11.8 Å². The third-order valence-electron chi connectivity index (χ3n) is 7.29. The zero-order valence-corrected chi connectivity index (χ0v) is 23.0. The molecule has 39 heavy (non-hydrogen) atoms. The predicted octanol–water partition coefficient (Wildman–Crippen LogP) is 4.90. The van der Waals surface area contributed by atoms with Gasteiger partial charge < -0.3 is 25.1 Å². The summed E-state index contributed by atoms with van der Waals surface area (Å²) in [5.41, 5.74) is 7.94. The number of rotatable bonds is 9. The van der Waals surface area contributed by atoms with E-state index in [1.165, 1.54) is 4.90 Å². The minimum absolute atomic E-state index is 0.0165. The number of urea groups is 1. The molecule has 1 saturated heterocycles. The Labute approximate surface area is 228 Å².